The van der Waals surface area contributed by atoms with E-state index < -0.39 is 0 Å². The third kappa shape index (κ3) is 2.53. The first-order chi connectivity index (χ1) is 9.51. The van der Waals surface area contributed by atoms with Gasteiger partial charge in [0.25, 0.3) is 0 Å². The smallest absolute Gasteiger partial charge is 0.138 e. The van der Waals surface area contributed by atoms with Crippen molar-refractivity contribution < 1.29 is 4.39 Å². The van der Waals surface area contributed by atoms with E-state index in [0.717, 1.165) is 52.8 Å². The Bertz CT molecular complexity index is 653. The van der Waals surface area contributed by atoms with Crippen molar-refractivity contribution in [3.8, 4) is 0 Å². The fraction of sp³-hybridized carbons (Fsp3) is 0.438. The number of benzene rings is 1. The number of rotatable bonds is 4. The monoisotopic (exact) mass is 338 g/mol. The zero-order valence-electron chi connectivity index (χ0n) is 12.4. The van der Waals surface area contributed by atoms with Crippen molar-refractivity contribution in [2.24, 2.45) is 0 Å². The predicted octanol–water partition coefficient (Wildman–Crippen LogP) is 5.14. The standard InChI is InChI=1S/C16H20BrFN2/c1-5-7-19-16-10(4)12(6-2)20-15-9(3)8-11(18)14(17)13(15)16/h8H,5-7H2,1-4H3,(H,19,20). The first kappa shape index (κ1) is 15.2. The van der Waals surface area contributed by atoms with E-state index in [9.17, 15) is 4.39 Å². The van der Waals surface area contributed by atoms with Crippen LogP contribution >= 0.6 is 15.9 Å². The highest BCUT2D eigenvalue weighted by atomic mass is 79.9. The van der Waals surface area contributed by atoms with Gasteiger partial charge in [0.15, 0.2) is 0 Å². The molecule has 2 aromatic rings. The number of anilines is 1. The molecule has 0 aliphatic heterocycles. The Balaban J connectivity index is 2.86. The van der Waals surface area contributed by atoms with Crippen LogP contribution in [0.5, 0.6) is 0 Å². The fourth-order valence-electron chi connectivity index (χ4n) is 2.48. The topological polar surface area (TPSA) is 24.9 Å². The highest BCUT2D eigenvalue weighted by Crippen LogP contribution is 2.37. The Kier molecular flexibility index (Phi) is 4.63. The molecule has 0 bridgehead atoms. The Morgan fingerprint density at radius 1 is 1.30 bits per heavy atom. The van der Waals surface area contributed by atoms with Crippen molar-refractivity contribution >= 4 is 32.5 Å². The maximum Gasteiger partial charge on any atom is 0.138 e. The number of hydrogen-bond acceptors (Lipinski definition) is 2. The lowest BCUT2D eigenvalue weighted by Gasteiger charge is -2.17. The van der Waals surface area contributed by atoms with Crippen LogP contribution in [0, 0.1) is 19.7 Å². The summed E-state index contributed by atoms with van der Waals surface area (Å²) in [5.41, 5.74) is 4.93. The van der Waals surface area contributed by atoms with Gasteiger partial charge in [-0.25, -0.2) is 4.39 Å². The average molecular weight is 339 g/mol. The number of halogens is 2. The van der Waals surface area contributed by atoms with E-state index in [4.69, 9.17) is 4.98 Å². The van der Waals surface area contributed by atoms with E-state index in [-0.39, 0.29) is 5.82 Å². The Hall–Kier alpha value is -1.16. The number of hydrogen-bond donors (Lipinski definition) is 1. The molecule has 20 heavy (non-hydrogen) atoms. The molecule has 1 N–H and O–H groups in total. The largest absolute Gasteiger partial charge is 0.384 e. The third-order valence-corrected chi connectivity index (χ3v) is 4.35. The molecule has 0 aliphatic rings. The van der Waals surface area contributed by atoms with Crippen LogP contribution in [0.4, 0.5) is 10.1 Å². The minimum absolute atomic E-state index is 0.236. The van der Waals surface area contributed by atoms with Gasteiger partial charge in [0.05, 0.1) is 9.99 Å². The molecule has 0 unspecified atom stereocenters. The van der Waals surface area contributed by atoms with Crippen molar-refractivity contribution in [2.45, 2.75) is 40.5 Å². The second-order valence-electron chi connectivity index (χ2n) is 5.05. The number of nitrogens with zero attached hydrogens (tertiary/aromatic N) is 1. The zero-order chi connectivity index (χ0) is 14.9. The van der Waals surface area contributed by atoms with Crippen LogP contribution in [0.25, 0.3) is 10.9 Å². The van der Waals surface area contributed by atoms with Crippen molar-refractivity contribution in [1.82, 2.24) is 4.98 Å². The van der Waals surface area contributed by atoms with E-state index in [0.29, 0.717) is 4.47 Å². The van der Waals surface area contributed by atoms with Gasteiger partial charge in [0, 0.05) is 23.3 Å². The zero-order valence-corrected chi connectivity index (χ0v) is 14.0. The molecule has 1 aromatic heterocycles. The Labute approximate surface area is 127 Å². The van der Waals surface area contributed by atoms with Crippen LogP contribution in [0.15, 0.2) is 10.5 Å². The molecule has 108 valence electrons. The molecular weight excluding hydrogens is 319 g/mol. The van der Waals surface area contributed by atoms with Gasteiger partial charge in [-0.3, -0.25) is 4.98 Å². The van der Waals surface area contributed by atoms with E-state index in [1.807, 2.05) is 6.92 Å². The van der Waals surface area contributed by atoms with Gasteiger partial charge in [-0.15, -0.1) is 0 Å². The Morgan fingerprint density at radius 2 is 2.00 bits per heavy atom. The molecule has 1 aromatic carbocycles. The van der Waals surface area contributed by atoms with Crippen molar-refractivity contribution in [3.05, 3.63) is 33.2 Å². The maximum atomic E-state index is 14.0. The highest BCUT2D eigenvalue weighted by Gasteiger charge is 2.17. The van der Waals surface area contributed by atoms with Crippen LogP contribution in [-0.4, -0.2) is 11.5 Å². The predicted molar refractivity (Wildman–Crippen MR) is 87.0 cm³/mol. The molecule has 0 atom stereocenters. The minimum atomic E-state index is -0.236. The van der Waals surface area contributed by atoms with Crippen LogP contribution in [0.1, 0.15) is 37.1 Å². The van der Waals surface area contributed by atoms with E-state index in [1.54, 1.807) is 0 Å². The number of pyridine rings is 1. The normalized spacial score (nSPS) is 11.1. The summed E-state index contributed by atoms with van der Waals surface area (Å²) in [6.07, 6.45) is 1.90. The quantitative estimate of drug-likeness (QED) is 0.834. The maximum absolute atomic E-state index is 14.0. The summed E-state index contributed by atoms with van der Waals surface area (Å²) in [6, 6.07) is 1.54. The number of nitrogens with one attached hydrogen (secondary N) is 1. The summed E-state index contributed by atoms with van der Waals surface area (Å²) < 4.78 is 14.5. The molecule has 0 saturated carbocycles. The molecule has 0 aliphatic carbocycles. The summed E-state index contributed by atoms with van der Waals surface area (Å²) in [5.74, 6) is -0.236. The second kappa shape index (κ2) is 6.08. The molecule has 1 heterocycles. The molecule has 0 amide bonds. The molecule has 0 saturated heterocycles. The summed E-state index contributed by atoms with van der Waals surface area (Å²) in [6.45, 7) is 9.04. The van der Waals surface area contributed by atoms with Crippen LogP contribution in [-0.2, 0) is 6.42 Å². The molecule has 0 fully saturated rings. The number of fused-ring (bicyclic) bond motifs is 1. The summed E-state index contributed by atoms with van der Waals surface area (Å²) in [4.78, 5) is 4.73. The van der Waals surface area contributed by atoms with Crippen LogP contribution in [0.3, 0.4) is 0 Å². The minimum Gasteiger partial charge on any atom is -0.384 e. The molecule has 4 heteroatoms. The van der Waals surface area contributed by atoms with Crippen molar-refractivity contribution in [1.29, 1.82) is 0 Å². The van der Waals surface area contributed by atoms with Crippen molar-refractivity contribution in [3.63, 3.8) is 0 Å². The summed E-state index contributed by atoms with van der Waals surface area (Å²) >= 11 is 3.38. The van der Waals surface area contributed by atoms with Gasteiger partial charge in [-0.2, -0.15) is 0 Å². The van der Waals surface area contributed by atoms with Gasteiger partial charge in [-0.05, 0) is 59.8 Å². The number of aryl methyl sites for hydroxylation is 2. The third-order valence-electron chi connectivity index (χ3n) is 3.57. The van der Waals surface area contributed by atoms with Gasteiger partial charge >= 0.3 is 0 Å². The van der Waals surface area contributed by atoms with Crippen LogP contribution in [0.2, 0.25) is 0 Å². The van der Waals surface area contributed by atoms with Gasteiger partial charge in [0.2, 0.25) is 0 Å². The molecule has 0 radical (unpaired) electrons. The van der Waals surface area contributed by atoms with Crippen LogP contribution < -0.4 is 5.32 Å². The van der Waals surface area contributed by atoms with E-state index in [2.05, 4.69) is 42.0 Å². The lowest BCUT2D eigenvalue weighted by Crippen LogP contribution is -2.07. The molecule has 2 rings (SSSR count). The molecular formula is C16H20BrFN2. The van der Waals surface area contributed by atoms with E-state index >= 15 is 0 Å². The van der Waals surface area contributed by atoms with E-state index in [1.165, 1.54) is 6.07 Å². The lowest BCUT2D eigenvalue weighted by molar-refractivity contribution is 0.622. The second-order valence-corrected chi connectivity index (χ2v) is 5.84. The lowest BCUT2D eigenvalue weighted by atomic mass is 10.0. The first-order valence-corrected chi connectivity index (χ1v) is 7.82. The van der Waals surface area contributed by atoms with Gasteiger partial charge in [0.1, 0.15) is 5.82 Å². The van der Waals surface area contributed by atoms with Crippen molar-refractivity contribution in [2.75, 3.05) is 11.9 Å². The Morgan fingerprint density at radius 3 is 2.60 bits per heavy atom. The summed E-state index contributed by atoms with van der Waals surface area (Å²) in [7, 11) is 0. The van der Waals surface area contributed by atoms with Gasteiger partial charge in [-0.1, -0.05) is 13.8 Å². The summed E-state index contributed by atoms with van der Waals surface area (Å²) in [5, 5.41) is 4.29. The highest BCUT2D eigenvalue weighted by molar-refractivity contribution is 9.10. The average Bonchev–Trinajstić information content (AvgIpc) is 2.43. The van der Waals surface area contributed by atoms with Gasteiger partial charge < -0.3 is 5.32 Å². The molecule has 0 spiro atoms. The SMILES string of the molecule is CCCNc1c(C)c(CC)nc2c(C)cc(F)c(Br)c12. The number of aromatic nitrogens is 1. The first-order valence-electron chi connectivity index (χ1n) is 7.02. The molecule has 2 nitrogen and oxygen atoms in total. The fourth-order valence-corrected chi connectivity index (χ4v) is 2.98.